The maximum Gasteiger partial charge on any atom is 0.225 e. The predicted molar refractivity (Wildman–Crippen MR) is 121 cm³/mol. The van der Waals surface area contributed by atoms with E-state index in [-0.39, 0.29) is 0 Å². The Hall–Kier alpha value is -1.62. The molecular formula is C22H36N4S. The van der Waals surface area contributed by atoms with Crippen LogP contribution in [0, 0.1) is 6.92 Å². The van der Waals surface area contributed by atoms with Crippen LogP contribution in [0.3, 0.4) is 0 Å². The van der Waals surface area contributed by atoms with Gasteiger partial charge in [-0.3, -0.25) is 0 Å². The lowest BCUT2D eigenvalue weighted by Gasteiger charge is -2.09. The Kier molecular flexibility index (Phi) is 10.2. The molecule has 4 nitrogen and oxygen atoms in total. The maximum absolute atomic E-state index is 4.66. The summed E-state index contributed by atoms with van der Waals surface area (Å²) in [5, 5.41) is 8.90. The molecule has 5 heteroatoms. The molecule has 0 aliphatic heterocycles. The van der Waals surface area contributed by atoms with Crippen LogP contribution in [-0.2, 0) is 0 Å². The first-order chi connectivity index (χ1) is 13.3. The number of nitrogens with zero attached hydrogens (tertiary/aromatic N) is 2. The molecule has 0 aliphatic rings. The smallest absolute Gasteiger partial charge is 0.225 e. The van der Waals surface area contributed by atoms with Gasteiger partial charge in [-0.15, -0.1) is 17.9 Å². The van der Waals surface area contributed by atoms with Crippen LogP contribution in [0.2, 0.25) is 0 Å². The van der Waals surface area contributed by atoms with Gasteiger partial charge in [-0.25, -0.2) is 4.98 Å². The molecule has 27 heavy (non-hydrogen) atoms. The van der Waals surface area contributed by atoms with Gasteiger partial charge in [-0.1, -0.05) is 70.8 Å². The lowest BCUT2D eigenvalue weighted by Crippen LogP contribution is -2.08. The molecule has 150 valence electrons. The highest BCUT2D eigenvalue weighted by molar-refractivity contribution is 7.18. The minimum Gasteiger partial charge on any atom is -0.369 e. The fourth-order valence-corrected chi connectivity index (χ4v) is 4.17. The predicted octanol–water partition coefficient (Wildman–Crippen LogP) is 6.93. The van der Waals surface area contributed by atoms with E-state index in [1.54, 1.807) is 11.3 Å². The zero-order valence-electron chi connectivity index (χ0n) is 17.1. The molecule has 0 amide bonds. The third kappa shape index (κ3) is 7.49. The first-order valence-corrected chi connectivity index (χ1v) is 11.5. The second-order valence-electron chi connectivity index (χ2n) is 7.27. The van der Waals surface area contributed by atoms with Crippen LogP contribution in [0.25, 0.3) is 10.2 Å². The molecule has 0 aliphatic carbocycles. The van der Waals surface area contributed by atoms with E-state index in [4.69, 9.17) is 0 Å². The van der Waals surface area contributed by atoms with Gasteiger partial charge in [0.15, 0.2) is 0 Å². The van der Waals surface area contributed by atoms with Crippen LogP contribution >= 0.6 is 11.3 Å². The number of hydrogen-bond acceptors (Lipinski definition) is 5. The molecule has 0 radical (unpaired) electrons. The molecule has 0 spiro atoms. The van der Waals surface area contributed by atoms with Crippen molar-refractivity contribution in [2.75, 3.05) is 23.7 Å². The Labute approximate surface area is 168 Å². The van der Waals surface area contributed by atoms with Crippen LogP contribution in [0.5, 0.6) is 0 Å². The van der Waals surface area contributed by atoms with Crippen molar-refractivity contribution in [2.24, 2.45) is 0 Å². The first-order valence-electron chi connectivity index (χ1n) is 10.6. The summed E-state index contributed by atoms with van der Waals surface area (Å²) < 4.78 is 1.16. The van der Waals surface area contributed by atoms with Gasteiger partial charge < -0.3 is 10.6 Å². The molecule has 0 aromatic carbocycles. The highest BCUT2D eigenvalue weighted by Crippen LogP contribution is 2.30. The second-order valence-corrected chi connectivity index (χ2v) is 8.15. The van der Waals surface area contributed by atoms with E-state index in [2.05, 4.69) is 46.4 Å². The largest absolute Gasteiger partial charge is 0.369 e. The van der Waals surface area contributed by atoms with E-state index < -0.39 is 0 Å². The Morgan fingerprint density at radius 1 is 0.963 bits per heavy atom. The van der Waals surface area contributed by atoms with Crippen LogP contribution < -0.4 is 10.6 Å². The number of anilines is 2. The lowest BCUT2D eigenvalue weighted by atomic mass is 10.1. The third-order valence-electron chi connectivity index (χ3n) is 4.82. The summed E-state index contributed by atoms with van der Waals surface area (Å²) in [6.45, 7) is 9.77. The van der Waals surface area contributed by atoms with E-state index in [9.17, 15) is 0 Å². The fourth-order valence-electron chi connectivity index (χ4n) is 3.21. The lowest BCUT2D eigenvalue weighted by molar-refractivity contribution is 0.560. The number of fused-ring (bicyclic) bond motifs is 1. The zero-order chi connectivity index (χ0) is 19.3. The van der Waals surface area contributed by atoms with Crippen molar-refractivity contribution in [3.63, 3.8) is 0 Å². The Bertz CT molecular complexity index is 680. The molecule has 2 rings (SSSR count). The quantitative estimate of drug-likeness (QED) is 0.256. The zero-order valence-corrected chi connectivity index (χ0v) is 18.0. The maximum atomic E-state index is 4.66. The van der Waals surface area contributed by atoms with E-state index in [0.29, 0.717) is 12.5 Å². The molecule has 0 atom stereocenters. The Balaban J connectivity index is 1.70. The highest BCUT2D eigenvalue weighted by Gasteiger charge is 2.11. The molecule has 0 unspecified atom stereocenters. The topological polar surface area (TPSA) is 49.8 Å². The van der Waals surface area contributed by atoms with Gasteiger partial charge in [-0.2, -0.15) is 4.98 Å². The van der Waals surface area contributed by atoms with Crippen molar-refractivity contribution in [1.82, 2.24) is 9.97 Å². The highest BCUT2D eigenvalue weighted by atomic mass is 32.1. The molecular weight excluding hydrogens is 352 g/mol. The van der Waals surface area contributed by atoms with Crippen molar-refractivity contribution in [2.45, 2.75) is 78.1 Å². The van der Waals surface area contributed by atoms with Crippen molar-refractivity contribution in [3.8, 4) is 0 Å². The first kappa shape index (κ1) is 21.7. The number of rotatable bonds is 15. The summed E-state index contributed by atoms with van der Waals surface area (Å²) in [4.78, 5) is 9.30. The minimum absolute atomic E-state index is 0.673. The standard InChI is InChI=1S/C22H36N4S/c1-4-6-7-8-9-10-11-12-13-14-16-23-21-20-19(18(3)17-27-20)25-22(26-21)24-15-5-2/h5,17H,2,4,6-16H2,1,3H3,(H2,23,24,25,26). The van der Waals surface area contributed by atoms with E-state index in [1.165, 1.54) is 69.8 Å². The molecule has 0 saturated heterocycles. The molecule has 2 N–H and O–H groups in total. The summed E-state index contributed by atoms with van der Waals surface area (Å²) in [5.41, 5.74) is 2.26. The van der Waals surface area contributed by atoms with E-state index >= 15 is 0 Å². The second kappa shape index (κ2) is 12.7. The average molecular weight is 389 g/mol. The molecule has 0 saturated carbocycles. The van der Waals surface area contributed by atoms with Gasteiger partial charge in [0, 0.05) is 13.1 Å². The number of aromatic nitrogens is 2. The summed E-state index contributed by atoms with van der Waals surface area (Å²) in [5.74, 6) is 1.63. The van der Waals surface area contributed by atoms with Crippen LogP contribution in [0.4, 0.5) is 11.8 Å². The fraction of sp³-hybridized carbons (Fsp3) is 0.636. The average Bonchev–Trinajstić information content (AvgIpc) is 3.05. The SMILES string of the molecule is C=CCNc1nc(NCCCCCCCCCCCC)c2scc(C)c2n1. The van der Waals surface area contributed by atoms with Crippen molar-refractivity contribution < 1.29 is 0 Å². The van der Waals surface area contributed by atoms with E-state index in [0.717, 1.165) is 22.6 Å². The van der Waals surface area contributed by atoms with Crippen LogP contribution in [-0.4, -0.2) is 23.1 Å². The number of hydrogen-bond donors (Lipinski definition) is 2. The van der Waals surface area contributed by atoms with Gasteiger partial charge in [0.1, 0.15) is 5.82 Å². The van der Waals surface area contributed by atoms with Crippen molar-refractivity contribution in [1.29, 1.82) is 0 Å². The van der Waals surface area contributed by atoms with Crippen LogP contribution in [0.15, 0.2) is 18.0 Å². The normalized spacial score (nSPS) is 11.0. The molecule has 2 aromatic heterocycles. The number of unbranched alkanes of at least 4 members (excludes halogenated alkanes) is 9. The van der Waals surface area contributed by atoms with Gasteiger partial charge >= 0.3 is 0 Å². The van der Waals surface area contributed by atoms with Gasteiger partial charge in [0.05, 0.1) is 10.2 Å². The molecule has 2 heterocycles. The van der Waals surface area contributed by atoms with Gasteiger partial charge in [0.25, 0.3) is 0 Å². The number of thiophene rings is 1. The molecule has 0 bridgehead atoms. The Morgan fingerprint density at radius 2 is 1.63 bits per heavy atom. The third-order valence-corrected chi connectivity index (χ3v) is 5.91. The van der Waals surface area contributed by atoms with Gasteiger partial charge in [0.2, 0.25) is 5.95 Å². The van der Waals surface area contributed by atoms with E-state index in [1.807, 2.05) is 6.08 Å². The number of aryl methyl sites for hydroxylation is 1. The molecule has 2 aromatic rings. The van der Waals surface area contributed by atoms with Crippen molar-refractivity contribution >= 4 is 33.3 Å². The minimum atomic E-state index is 0.673. The molecule has 0 fully saturated rings. The monoisotopic (exact) mass is 388 g/mol. The summed E-state index contributed by atoms with van der Waals surface area (Å²) in [6.07, 6.45) is 15.4. The van der Waals surface area contributed by atoms with Crippen LogP contribution in [0.1, 0.15) is 76.7 Å². The number of nitrogens with one attached hydrogen (secondary N) is 2. The van der Waals surface area contributed by atoms with Gasteiger partial charge in [-0.05, 0) is 24.3 Å². The summed E-state index contributed by atoms with van der Waals surface area (Å²) >= 11 is 1.72. The summed E-state index contributed by atoms with van der Waals surface area (Å²) in [7, 11) is 0. The summed E-state index contributed by atoms with van der Waals surface area (Å²) in [6, 6.07) is 0. The Morgan fingerprint density at radius 3 is 2.30 bits per heavy atom. The van der Waals surface area contributed by atoms with Crippen molar-refractivity contribution in [3.05, 3.63) is 23.6 Å².